The van der Waals surface area contributed by atoms with E-state index in [1.165, 1.54) is 0 Å². The summed E-state index contributed by atoms with van der Waals surface area (Å²) in [6.45, 7) is 4.26. The van der Waals surface area contributed by atoms with Crippen LogP contribution in [0.15, 0.2) is 0 Å². The molecule has 0 saturated heterocycles. The summed E-state index contributed by atoms with van der Waals surface area (Å²) < 4.78 is 0. The van der Waals surface area contributed by atoms with Crippen LogP contribution in [0.1, 0.15) is 46.0 Å². The van der Waals surface area contributed by atoms with Crippen molar-refractivity contribution in [3.63, 3.8) is 0 Å². The largest absolute Gasteiger partial charge is 0.348 e. The number of rotatable bonds is 5. The van der Waals surface area contributed by atoms with Crippen molar-refractivity contribution in [3.8, 4) is 0 Å². The van der Waals surface area contributed by atoms with Gasteiger partial charge in [0.05, 0.1) is 5.54 Å². The Kier molecular flexibility index (Phi) is 6.08. The van der Waals surface area contributed by atoms with Gasteiger partial charge in [-0.2, -0.15) is 0 Å². The van der Waals surface area contributed by atoms with Crippen LogP contribution < -0.4 is 5.32 Å². The molecule has 1 rings (SSSR count). The maximum absolute atomic E-state index is 12.2. The first-order valence-electron chi connectivity index (χ1n) is 6.51. The summed E-state index contributed by atoms with van der Waals surface area (Å²) in [5, 5.41) is 3.06. The van der Waals surface area contributed by atoms with Crippen molar-refractivity contribution >= 4 is 29.1 Å². The third kappa shape index (κ3) is 4.03. The molecule has 1 aliphatic rings. The monoisotopic (exact) mass is 279 g/mol. The molecule has 0 aromatic heterocycles. The van der Waals surface area contributed by atoms with Crippen LogP contribution in [0.4, 0.5) is 0 Å². The van der Waals surface area contributed by atoms with Crippen molar-refractivity contribution in [1.29, 1.82) is 0 Å². The first kappa shape index (κ1) is 15.1. The van der Waals surface area contributed by atoms with Crippen molar-refractivity contribution in [1.82, 2.24) is 5.32 Å². The van der Waals surface area contributed by atoms with Crippen LogP contribution in [0, 0.1) is 11.8 Å². The molecule has 0 heterocycles. The first-order valence-corrected chi connectivity index (χ1v) is 7.57. The van der Waals surface area contributed by atoms with Gasteiger partial charge in [-0.3, -0.25) is 4.79 Å². The number of carbonyl (C=O) groups excluding carboxylic acids is 1. The van der Waals surface area contributed by atoms with E-state index >= 15 is 0 Å². The second-order valence-electron chi connectivity index (χ2n) is 5.35. The number of hydrogen-bond acceptors (Lipinski definition) is 1. The number of hydrogen-bond donors (Lipinski definition) is 1. The lowest BCUT2D eigenvalue weighted by atomic mass is 9.82. The number of halogens is 2. The summed E-state index contributed by atoms with van der Waals surface area (Å²) >= 11 is 11.9. The van der Waals surface area contributed by atoms with E-state index in [4.69, 9.17) is 23.2 Å². The van der Waals surface area contributed by atoms with Crippen LogP contribution in [-0.4, -0.2) is 23.2 Å². The SMILES string of the molecule is CCC(CCl)(CCl)NC(=O)C1CCC(C)CC1. The summed E-state index contributed by atoms with van der Waals surface area (Å²) in [6, 6.07) is 0. The van der Waals surface area contributed by atoms with Crippen molar-refractivity contribution in [2.24, 2.45) is 11.8 Å². The highest BCUT2D eigenvalue weighted by molar-refractivity contribution is 6.22. The van der Waals surface area contributed by atoms with Crippen molar-refractivity contribution in [2.75, 3.05) is 11.8 Å². The molecule has 0 unspecified atom stereocenters. The van der Waals surface area contributed by atoms with Gasteiger partial charge in [0.2, 0.25) is 5.91 Å². The molecule has 0 atom stereocenters. The van der Waals surface area contributed by atoms with Gasteiger partial charge >= 0.3 is 0 Å². The zero-order chi connectivity index (χ0) is 12.9. The maximum Gasteiger partial charge on any atom is 0.223 e. The van der Waals surface area contributed by atoms with Gasteiger partial charge in [0.15, 0.2) is 0 Å². The molecule has 1 N–H and O–H groups in total. The molecule has 0 radical (unpaired) electrons. The molecule has 17 heavy (non-hydrogen) atoms. The Bertz CT molecular complexity index is 238. The van der Waals surface area contributed by atoms with Crippen LogP contribution in [0.3, 0.4) is 0 Å². The fourth-order valence-corrected chi connectivity index (χ4v) is 3.06. The number of nitrogens with one attached hydrogen (secondary N) is 1. The van der Waals surface area contributed by atoms with E-state index in [0.717, 1.165) is 38.0 Å². The molecular weight excluding hydrogens is 257 g/mol. The molecule has 0 aromatic carbocycles. The van der Waals surface area contributed by atoms with Gasteiger partial charge in [-0.15, -0.1) is 23.2 Å². The van der Waals surface area contributed by atoms with E-state index < -0.39 is 5.54 Å². The molecule has 0 spiro atoms. The lowest BCUT2D eigenvalue weighted by Crippen LogP contribution is -2.53. The topological polar surface area (TPSA) is 29.1 Å². The van der Waals surface area contributed by atoms with Crippen LogP contribution >= 0.6 is 23.2 Å². The molecule has 2 nitrogen and oxygen atoms in total. The van der Waals surface area contributed by atoms with Crippen molar-refractivity contribution in [3.05, 3.63) is 0 Å². The third-order valence-electron chi connectivity index (χ3n) is 3.96. The minimum absolute atomic E-state index is 0.139. The molecule has 4 heteroatoms. The predicted octanol–water partition coefficient (Wildman–Crippen LogP) is 3.56. The quantitative estimate of drug-likeness (QED) is 0.767. The summed E-state index contributed by atoms with van der Waals surface area (Å²) in [4.78, 5) is 12.2. The molecule has 0 aromatic rings. The Hall–Kier alpha value is 0.0500. The highest BCUT2D eigenvalue weighted by Gasteiger charge is 2.32. The van der Waals surface area contributed by atoms with Crippen LogP contribution in [0.25, 0.3) is 0 Å². The highest BCUT2D eigenvalue weighted by atomic mass is 35.5. The third-order valence-corrected chi connectivity index (χ3v) is 4.99. The van der Waals surface area contributed by atoms with Gasteiger partial charge in [-0.1, -0.05) is 13.8 Å². The molecule has 100 valence electrons. The lowest BCUT2D eigenvalue weighted by Gasteiger charge is -2.33. The lowest BCUT2D eigenvalue weighted by molar-refractivity contribution is -0.127. The Balaban J connectivity index is 2.53. The summed E-state index contributed by atoms with van der Waals surface area (Å²) in [5.74, 6) is 1.81. The van der Waals surface area contributed by atoms with Crippen LogP contribution in [-0.2, 0) is 4.79 Å². The van der Waals surface area contributed by atoms with E-state index in [-0.39, 0.29) is 11.8 Å². The normalized spacial score (nSPS) is 25.6. The Morgan fingerprint density at radius 1 is 1.24 bits per heavy atom. The smallest absolute Gasteiger partial charge is 0.223 e. The standard InChI is InChI=1S/C13H23Cl2NO/c1-3-13(8-14,9-15)16-12(17)11-6-4-10(2)5-7-11/h10-11H,3-9H2,1-2H3,(H,16,17). The van der Waals surface area contributed by atoms with Crippen LogP contribution in [0.5, 0.6) is 0 Å². The minimum Gasteiger partial charge on any atom is -0.348 e. The maximum atomic E-state index is 12.2. The number of carbonyl (C=O) groups is 1. The molecule has 0 bridgehead atoms. The fourth-order valence-electron chi connectivity index (χ4n) is 2.27. The second-order valence-corrected chi connectivity index (χ2v) is 5.88. The molecule has 1 amide bonds. The number of amides is 1. The van der Waals surface area contributed by atoms with E-state index in [2.05, 4.69) is 12.2 Å². The summed E-state index contributed by atoms with van der Waals surface area (Å²) in [5.41, 5.74) is -0.427. The van der Waals surface area contributed by atoms with Gasteiger partial charge in [0.25, 0.3) is 0 Å². The average Bonchev–Trinajstić information content (AvgIpc) is 2.37. The molecule has 0 aliphatic heterocycles. The average molecular weight is 280 g/mol. The zero-order valence-electron chi connectivity index (χ0n) is 10.8. The van der Waals surface area contributed by atoms with E-state index in [9.17, 15) is 4.79 Å². The van der Waals surface area contributed by atoms with E-state index in [1.54, 1.807) is 0 Å². The van der Waals surface area contributed by atoms with Crippen LogP contribution in [0.2, 0.25) is 0 Å². The molecular formula is C13H23Cl2NO. The zero-order valence-corrected chi connectivity index (χ0v) is 12.3. The Labute approximate surface area is 114 Å². The van der Waals surface area contributed by atoms with Gasteiger partial charge in [-0.25, -0.2) is 0 Å². The van der Waals surface area contributed by atoms with Gasteiger partial charge in [-0.05, 0) is 38.0 Å². The fraction of sp³-hybridized carbons (Fsp3) is 0.923. The molecule has 1 fully saturated rings. The van der Waals surface area contributed by atoms with Crippen molar-refractivity contribution < 1.29 is 4.79 Å². The van der Waals surface area contributed by atoms with E-state index in [1.807, 2.05) is 6.92 Å². The van der Waals surface area contributed by atoms with Gasteiger partial charge < -0.3 is 5.32 Å². The minimum atomic E-state index is -0.427. The Morgan fingerprint density at radius 3 is 2.18 bits per heavy atom. The summed E-state index contributed by atoms with van der Waals surface area (Å²) in [7, 11) is 0. The summed E-state index contributed by atoms with van der Waals surface area (Å²) in [6.07, 6.45) is 5.07. The van der Waals surface area contributed by atoms with E-state index in [0.29, 0.717) is 11.8 Å². The molecule has 1 aliphatic carbocycles. The highest BCUT2D eigenvalue weighted by Crippen LogP contribution is 2.29. The molecule has 1 saturated carbocycles. The van der Waals surface area contributed by atoms with Crippen molar-refractivity contribution in [2.45, 2.75) is 51.5 Å². The number of alkyl halides is 2. The first-order chi connectivity index (χ1) is 8.06. The van der Waals surface area contributed by atoms with Gasteiger partial charge in [0, 0.05) is 17.7 Å². The predicted molar refractivity (Wildman–Crippen MR) is 73.7 cm³/mol. The second kappa shape index (κ2) is 6.84. The van der Waals surface area contributed by atoms with Gasteiger partial charge in [0.1, 0.15) is 0 Å². The Morgan fingerprint density at radius 2 is 1.76 bits per heavy atom.